The molecule has 0 radical (unpaired) electrons. The number of piperidine rings is 1. The van der Waals surface area contributed by atoms with E-state index >= 15 is 0 Å². The fraction of sp³-hybridized carbons (Fsp3) is 0.462. The molecule has 2 rings (SSSR count). The third kappa shape index (κ3) is 3.20. The van der Waals surface area contributed by atoms with E-state index in [2.05, 4.69) is 0 Å². The Labute approximate surface area is 109 Å². The van der Waals surface area contributed by atoms with E-state index in [1.807, 2.05) is 0 Å². The smallest absolute Gasteiger partial charge is 0.407 e. The van der Waals surface area contributed by atoms with Gasteiger partial charge in [0.2, 0.25) is 0 Å². The van der Waals surface area contributed by atoms with Crippen LogP contribution in [0.5, 0.6) is 0 Å². The zero-order chi connectivity index (χ0) is 14.0. The van der Waals surface area contributed by atoms with Crippen LogP contribution in [0, 0.1) is 11.6 Å². The number of benzene rings is 1. The molecule has 0 aliphatic carbocycles. The maximum atomic E-state index is 13.5. The van der Waals surface area contributed by atoms with Gasteiger partial charge in [0.25, 0.3) is 0 Å². The van der Waals surface area contributed by atoms with E-state index in [4.69, 9.17) is 5.11 Å². The second-order valence-electron chi connectivity index (χ2n) is 4.91. The van der Waals surface area contributed by atoms with Crippen molar-refractivity contribution in [2.24, 2.45) is 0 Å². The Morgan fingerprint density at radius 3 is 2.47 bits per heavy atom. The van der Waals surface area contributed by atoms with Crippen molar-refractivity contribution < 1.29 is 23.8 Å². The first kappa shape index (κ1) is 13.7. The average Bonchev–Trinajstić information content (AvgIpc) is 2.33. The fourth-order valence-corrected chi connectivity index (χ4v) is 2.31. The quantitative estimate of drug-likeness (QED) is 0.865. The van der Waals surface area contributed by atoms with Gasteiger partial charge >= 0.3 is 6.09 Å². The number of rotatable bonds is 2. The summed E-state index contributed by atoms with van der Waals surface area (Å²) in [4.78, 5) is 12.0. The maximum absolute atomic E-state index is 13.5. The Morgan fingerprint density at radius 2 is 1.95 bits per heavy atom. The van der Waals surface area contributed by atoms with Crippen LogP contribution in [0.3, 0.4) is 0 Å². The number of hydrogen-bond acceptors (Lipinski definition) is 2. The van der Waals surface area contributed by atoms with Gasteiger partial charge in [-0.05, 0) is 24.5 Å². The number of halogens is 2. The summed E-state index contributed by atoms with van der Waals surface area (Å²) in [5, 5.41) is 19.2. The monoisotopic (exact) mass is 271 g/mol. The largest absolute Gasteiger partial charge is 0.465 e. The minimum Gasteiger partial charge on any atom is -0.465 e. The SMILES string of the molecule is O=C(O)N1CCC(O)(Cc2ccc(F)cc2F)CC1. The molecule has 6 heteroatoms. The van der Waals surface area contributed by atoms with Crippen molar-refractivity contribution in [3.05, 3.63) is 35.4 Å². The van der Waals surface area contributed by atoms with Gasteiger partial charge in [0, 0.05) is 25.6 Å². The molecule has 2 N–H and O–H groups in total. The zero-order valence-electron chi connectivity index (χ0n) is 10.3. The van der Waals surface area contributed by atoms with Crippen molar-refractivity contribution in [1.82, 2.24) is 4.90 Å². The van der Waals surface area contributed by atoms with Crippen LogP contribution in [0.2, 0.25) is 0 Å². The minimum atomic E-state index is -1.13. The van der Waals surface area contributed by atoms with Gasteiger partial charge in [0.1, 0.15) is 11.6 Å². The van der Waals surface area contributed by atoms with Crippen molar-refractivity contribution in [1.29, 1.82) is 0 Å². The van der Waals surface area contributed by atoms with Crippen LogP contribution in [0.1, 0.15) is 18.4 Å². The van der Waals surface area contributed by atoms with Gasteiger partial charge in [-0.3, -0.25) is 0 Å². The Hall–Kier alpha value is -1.69. The normalized spacial score (nSPS) is 18.4. The molecule has 19 heavy (non-hydrogen) atoms. The second kappa shape index (κ2) is 5.13. The molecule has 0 aromatic heterocycles. The highest BCUT2D eigenvalue weighted by atomic mass is 19.1. The maximum Gasteiger partial charge on any atom is 0.407 e. The van der Waals surface area contributed by atoms with Gasteiger partial charge < -0.3 is 15.1 Å². The summed E-state index contributed by atoms with van der Waals surface area (Å²) < 4.78 is 26.3. The number of aliphatic hydroxyl groups is 1. The van der Waals surface area contributed by atoms with Crippen molar-refractivity contribution in [2.75, 3.05) is 13.1 Å². The van der Waals surface area contributed by atoms with Gasteiger partial charge in [-0.2, -0.15) is 0 Å². The van der Waals surface area contributed by atoms with E-state index < -0.39 is 23.3 Å². The van der Waals surface area contributed by atoms with E-state index in [1.165, 1.54) is 11.0 Å². The highest BCUT2D eigenvalue weighted by molar-refractivity contribution is 5.65. The molecule has 1 heterocycles. The fourth-order valence-electron chi connectivity index (χ4n) is 2.31. The highest BCUT2D eigenvalue weighted by Gasteiger charge is 2.34. The summed E-state index contributed by atoms with van der Waals surface area (Å²) in [7, 11) is 0. The standard InChI is InChI=1S/C13H15F2NO3/c14-10-2-1-9(11(15)7-10)8-13(19)3-5-16(6-4-13)12(17)18/h1-2,7,19H,3-6,8H2,(H,17,18). The van der Waals surface area contributed by atoms with E-state index in [0.717, 1.165) is 12.1 Å². The van der Waals surface area contributed by atoms with Crippen LogP contribution in [0.4, 0.5) is 13.6 Å². The van der Waals surface area contributed by atoms with Gasteiger partial charge in [0.15, 0.2) is 0 Å². The third-order valence-electron chi connectivity index (χ3n) is 3.50. The number of carboxylic acid groups (broad SMARTS) is 1. The first-order chi connectivity index (χ1) is 8.89. The Kier molecular flexibility index (Phi) is 3.71. The molecule has 1 saturated heterocycles. The van der Waals surface area contributed by atoms with E-state index in [9.17, 15) is 18.7 Å². The van der Waals surface area contributed by atoms with Crippen LogP contribution in [-0.2, 0) is 6.42 Å². The topological polar surface area (TPSA) is 60.8 Å². The lowest BCUT2D eigenvalue weighted by Crippen LogP contribution is -2.47. The number of nitrogens with zero attached hydrogens (tertiary/aromatic N) is 1. The van der Waals surface area contributed by atoms with Crippen molar-refractivity contribution in [3.8, 4) is 0 Å². The lowest BCUT2D eigenvalue weighted by molar-refractivity contribution is -0.0168. The molecule has 4 nitrogen and oxygen atoms in total. The molecular formula is C13H15F2NO3. The molecule has 0 atom stereocenters. The van der Waals surface area contributed by atoms with Crippen LogP contribution in [0.25, 0.3) is 0 Å². The predicted molar refractivity (Wildman–Crippen MR) is 63.8 cm³/mol. The van der Waals surface area contributed by atoms with Crippen LogP contribution in [0.15, 0.2) is 18.2 Å². The van der Waals surface area contributed by atoms with Crippen molar-refractivity contribution >= 4 is 6.09 Å². The molecular weight excluding hydrogens is 256 g/mol. The van der Waals surface area contributed by atoms with Gasteiger partial charge in [-0.15, -0.1) is 0 Å². The summed E-state index contributed by atoms with van der Waals surface area (Å²) in [6.07, 6.45) is -0.464. The molecule has 0 saturated carbocycles. The van der Waals surface area contributed by atoms with Gasteiger partial charge in [-0.1, -0.05) is 6.07 Å². The van der Waals surface area contributed by atoms with Gasteiger partial charge in [0.05, 0.1) is 5.60 Å². The molecule has 1 fully saturated rings. The first-order valence-corrected chi connectivity index (χ1v) is 6.04. The molecule has 104 valence electrons. The Balaban J connectivity index is 2.04. The third-order valence-corrected chi connectivity index (χ3v) is 3.50. The minimum absolute atomic E-state index is 0.0621. The molecule has 1 aliphatic heterocycles. The molecule has 1 aromatic rings. The Morgan fingerprint density at radius 1 is 1.32 bits per heavy atom. The van der Waals surface area contributed by atoms with E-state index in [-0.39, 0.29) is 37.9 Å². The number of carbonyl (C=O) groups is 1. The summed E-state index contributed by atoms with van der Waals surface area (Å²) in [5.41, 5.74) is -0.891. The predicted octanol–water partition coefficient (Wildman–Crippen LogP) is 2.01. The lowest BCUT2D eigenvalue weighted by atomic mass is 9.85. The van der Waals surface area contributed by atoms with Crippen LogP contribution < -0.4 is 0 Å². The molecule has 0 spiro atoms. The van der Waals surface area contributed by atoms with Crippen molar-refractivity contribution in [2.45, 2.75) is 24.9 Å². The van der Waals surface area contributed by atoms with E-state index in [0.29, 0.717) is 0 Å². The summed E-state index contributed by atoms with van der Waals surface area (Å²) >= 11 is 0. The molecule has 1 aromatic carbocycles. The Bertz CT molecular complexity index is 485. The number of amides is 1. The van der Waals surface area contributed by atoms with Crippen molar-refractivity contribution in [3.63, 3.8) is 0 Å². The number of likely N-dealkylation sites (tertiary alicyclic amines) is 1. The molecule has 0 unspecified atom stereocenters. The first-order valence-electron chi connectivity index (χ1n) is 6.04. The second-order valence-corrected chi connectivity index (χ2v) is 4.91. The highest BCUT2D eigenvalue weighted by Crippen LogP contribution is 2.27. The zero-order valence-corrected chi connectivity index (χ0v) is 10.3. The van der Waals surface area contributed by atoms with E-state index in [1.54, 1.807) is 0 Å². The van der Waals surface area contributed by atoms with Crippen LogP contribution >= 0.6 is 0 Å². The summed E-state index contributed by atoms with van der Waals surface area (Å²) in [6, 6.07) is 3.24. The van der Waals surface area contributed by atoms with Gasteiger partial charge in [-0.25, -0.2) is 13.6 Å². The summed E-state index contributed by atoms with van der Waals surface area (Å²) in [5.74, 6) is -1.34. The average molecular weight is 271 g/mol. The number of hydrogen-bond donors (Lipinski definition) is 2. The summed E-state index contributed by atoms with van der Waals surface area (Å²) in [6.45, 7) is 0.434. The molecule has 0 bridgehead atoms. The molecule has 1 aliphatic rings. The van der Waals surface area contributed by atoms with Crippen LogP contribution in [-0.4, -0.2) is 39.9 Å². The molecule has 1 amide bonds. The lowest BCUT2D eigenvalue weighted by Gasteiger charge is -2.37.